The molecule has 2 aromatic carbocycles. The lowest BCUT2D eigenvalue weighted by Crippen LogP contribution is -2.41. The molecule has 0 bridgehead atoms. The first kappa shape index (κ1) is 34.6. The number of aromatic nitrogens is 2. The van der Waals surface area contributed by atoms with Gasteiger partial charge in [-0.15, -0.1) is 11.3 Å². The number of sulfonamides is 1. The van der Waals surface area contributed by atoms with Crippen LogP contribution in [0.2, 0.25) is 4.34 Å². The number of methoxy groups -OCH3 is 1. The van der Waals surface area contributed by atoms with Crippen LogP contribution in [0.1, 0.15) is 18.1 Å². The molecule has 44 heavy (non-hydrogen) atoms. The third kappa shape index (κ3) is 8.84. The van der Waals surface area contributed by atoms with Crippen molar-refractivity contribution in [3.63, 3.8) is 0 Å². The normalized spacial score (nSPS) is 12.4. The predicted octanol–water partition coefficient (Wildman–Crippen LogP) is 4.81. The van der Waals surface area contributed by atoms with Crippen LogP contribution in [0, 0.1) is 0 Å². The lowest BCUT2D eigenvalue weighted by molar-refractivity contribution is -0.192. The summed E-state index contributed by atoms with van der Waals surface area (Å²) >= 11 is 6.92. The molecule has 17 heteroatoms. The summed E-state index contributed by atoms with van der Waals surface area (Å²) < 4.78 is 68.0. The van der Waals surface area contributed by atoms with Crippen molar-refractivity contribution >= 4 is 61.6 Å². The molecule has 0 aliphatic carbocycles. The minimum atomic E-state index is -5.08. The van der Waals surface area contributed by atoms with E-state index < -0.39 is 22.2 Å². The number of carbonyl (C=O) groups excluding carboxylic acids is 1. The van der Waals surface area contributed by atoms with Crippen LogP contribution in [0.25, 0.3) is 10.9 Å². The maximum absolute atomic E-state index is 13.0. The fourth-order valence-corrected chi connectivity index (χ4v) is 6.25. The summed E-state index contributed by atoms with van der Waals surface area (Å²) in [5.74, 6) is -2.15. The molecule has 2 aromatic heterocycles. The molecule has 0 aliphatic rings. The fraction of sp³-hybridized carbons (Fsp3) is 0.296. The number of halogens is 4. The minimum Gasteiger partial charge on any atom is -0.496 e. The van der Waals surface area contributed by atoms with Crippen LogP contribution < -0.4 is 14.8 Å². The lowest BCUT2D eigenvalue weighted by atomic mass is 10.1. The summed E-state index contributed by atoms with van der Waals surface area (Å²) in [4.78, 5) is 23.1. The lowest BCUT2D eigenvalue weighted by Gasteiger charge is -2.19. The van der Waals surface area contributed by atoms with E-state index in [0.717, 1.165) is 22.5 Å². The molecule has 0 aliphatic heterocycles. The molecule has 0 radical (unpaired) electrons. The van der Waals surface area contributed by atoms with Gasteiger partial charge in [0.2, 0.25) is 5.91 Å². The van der Waals surface area contributed by atoms with Gasteiger partial charge in [0.25, 0.3) is 10.0 Å². The van der Waals surface area contributed by atoms with Crippen LogP contribution in [-0.2, 0) is 32.7 Å². The molecular weight excluding hydrogens is 647 g/mol. The summed E-state index contributed by atoms with van der Waals surface area (Å²) in [5.41, 5.74) is 2.60. The van der Waals surface area contributed by atoms with E-state index in [-0.39, 0.29) is 22.0 Å². The summed E-state index contributed by atoms with van der Waals surface area (Å²) in [7, 11) is 1.35. The van der Waals surface area contributed by atoms with Gasteiger partial charge >= 0.3 is 12.1 Å². The van der Waals surface area contributed by atoms with Gasteiger partial charge in [0.15, 0.2) is 5.82 Å². The van der Waals surface area contributed by atoms with Crippen LogP contribution in [0.5, 0.6) is 5.75 Å². The van der Waals surface area contributed by atoms with Crippen molar-refractivity contribution in [3.8, 4) is 5.75 Å². The second-order valence-electron chi connectivity index (χ2n) is 9.50. The number of nitrogens with one attached hydrogen (secondary N) is 2. The number of aliphatic carboxylic acids is 1. The topological polar surface area (TPSA) is 143 Å². The molecule has 1 atom stereocenters. The Labute approximate surface area is 260 Å². The molecule has 4 rings (SSSR count). The average molecular weight is 676 g/mol. The van der Waals surface area contributed by atoms with E-state index in [0.29, 0.717) is 34.1 Å². The zero-order valence-corrected chi connectivity index (χ0v) is 26.2. The van der Waals surface area contributed by atoms with Gasteiger partial charge in [0.05, 0.1) is 34.9 Å². The van der Waals surface area contributed by atoms with E-state index in [4.69, 9.17) is 26.2 Å². The number of rotatable bonds is 10. The summed E-state index contributed by atoms with van der Waals surface area (Å²) in [6, 6.07) is 16.0. The summed E-state index contributed by atoms with van der Waals surface area (Å²) in [6.07, 6.45) is -5.08. The van der Waals surface area contributed by atoms with E-state index in [1.165, 1.54) is 19.2 Å². The quantitative estimate of drug-likeness (QED) is 0.218. The van der Waals surface area contributed by atoms with Gasteiger partial charge in [0.1, 0.15) is 9.96 Å². The average Bonchev–Trinajstić information content (AvgIpc) is 3.55. The molecule has 1 amide bonds. The highest BCUT2D eigenvalue weighted by molar-refractivity contribution is 7.94. The van der Waals surface area contributed by atoms with Crippen molar-refractivity contribution in [1.29, 1.82) is 0 Å². The number of fused-ring (bicyclic) bond motifs is 1. The zero-order valence-electron chi connectivity index (χ0n) is 23.8. The number of thiophene rings is 1. The summed E-state index contributed by atoms with van der Waals surface area (Å²) in [6.45, 7) is 2.63. The molecule has 4 aromatic rings. The number of carbonyl (C=O) groups is 2. The van der Waals surface area contributed by atoms with Crippen LogP contribution in [0.4, 0.5) is 19.0 Å². The molecule has 0 fully saturated rings. The Balaban J connectivity index is 0.000000676. The number of hydrogen-bond acceptors (Lipinski definition) is 8. The molecule has 0 spiro atoms. The standard InChI is InChI=1S/C25H28ClN5O4S2.C2HF3O2/c1-16(30(2)3)25(32)27-14-17-7-5-8-18(13-17)15-31-19-9-6-10-20(35-4)23(19)24(28-31)29-37(33,34)22-12-11-21(26)36-22;3-2(4,5)1(6)7/h5-13,16H,14-15H2,1-4H3,(H,27,32)(H,28,29);(H,6,7). The Hall–Kier alpha value is -3.86. The van der Waals surface area contributed by atoms with Crippen molar-refractivity contribution in [1.82, 2.24) is 20.0 Å². The maximum atomic E-state index is 13.0. The van der Waals surface area contributed by atoms with E-state index in [1.54, 1.807) is 10.7 Å². The first-order valence-electron chi connectivity index (χ1n) is 12.7. The van der Waals surface area contributed by atoms with E-state index >= 15 is 0 Å². The fourth-order valence-electron chi connectivity index (χ4n) is 3.76. The first-order chi connectivity index (χ1) is 20.5. The number of alkyl halides is 3. The number of anilines is 1. The molecule has 11 nitrogen and oxygen atoms in total. The van der Waals surface area contributed by atoms with Crippen molar-refractivity contribution in [2.45, 2.75) is 36.4 Å². The molecule has 0 saturated carbocycles. The van der Waals surface area contributed by atoms with E-state index in [1.807, 2.05) is 62.3 Å². The zero-order chi connectivity index (χ0) is 32.8. The highest BCUT2D eigenvalue weighted by Gasteiger charge is 2.38. The molecular formula is C27H29ClF3N5O6S2. The Morgan fingerprint density at radius 3 is 2.34 bits per heavy atom. The molecule has 2 heterocycles. The molecule has 0 saturated heterocycles. The molecule has 1 unspecified atom stereocenters. The number of benzene rings is 2. The third-order valence-electron chi connectivity index (χ3n) is 6.19. The number of amides is 1. The highest BCUT2D eigenvalue weighted by atomic mass is 35.5. The van der Waals surface area contributed by atoms with Gasteiger partial charge in [-0.3, -0.25) is 19.1 Å². The number of nitrogens with zero attached hydrogens (tertiary/aromatic N) is 3. The third-order valence-corrected chi connectivity index (χ3v) is 9.25. The smallest absolute Gasteiger partial charge is 0.490 e. The van der Waals surface area contributed by atoms with Crippen LogP contribution in [-0.4, -0.2) is 73.5 Å². The number of carboxylic acids is 1. The second-order valence-corrected chi connectivity index (χ2v) is 13.1. The SMILES string of the molecule is COc1cccc2c1c(NS(=O)(=O)c1ccc(Cl)s1)nn2Cc1cccc(CNC(=O)C(C)N(C)C)c1.O=C(O)C(F)(F)F. The first-order valence-corrected chi connectivity index (χ1v) is 15.3. The Morgan fingerprint density at radius 2 is 1.77 bits per heavy atom. The van der Waals surface area contributed by atoms with Crippen molar-refractivity contribution in [2.75, 3.05) is 25.9 Å². The van der Waals surface area contributed by atoms with Gasteiger partial charge in [-0.1, -0.05) is 41.9 Å². The predicted molar refractivity (Wildman–Crippen MR) is 161 cm³/mol. The monoisotopic (exact) mass is 675 g/mol. The van der Waals surface area contributed by atoms with Gasteiger partial charge in [-0.25, -0.2) is 13.2 Å². The van der Waals surface area contributed by atoms with Gasteiger partial charge in [-0.05, 0) is 56.4 Å². The highest BCUT2D eigenvalue weighted by Crippen LogP contribution is 2.35. The Kier molecular flexibility index (Phi) is 11.2. The van der Waals surface area contributed by atoms with Gasteiger partial charge in [-0.2, -0.15) is 18.3 Å². The summed E-state index contributed by atoms with van der Waals surface area (Å²) in [5, 5.41) is 15.2. The van der Waals surface area contributed by atoms with Crippen molar-refractivity contribution < 1.29 is 41.0 Å². The van der Waals surface area contributed by atoms with E-state index in [9.17, 15) is 26.4 Å². The second kappa shape index (κ2) is 14.3. The molecule has 3 N–H and O–H groups in total. The van der Waals surface area contributed by atoms with Crippen molar-refractivity contribution in [3.05, 3.63) is 70.1 Å². The van der Waals surface area contributed by atoms with Crippen LogP contribution in [0.15, 0.2) is 58.8 Å². The van der Waals surface area contributed by atoms with Gasteiger partial charge in [0, 0.05) is 6.54 Å². The number of ether oxygens (including phenoxy) is 1. The Morgan fingerprint density at radius 1 is 1.14 bits per heavy atom. The Bertz CT molecular complexity index is 1740. The number of carboxylic acid groups (broad SMARTS) is 1. The minimum absolute atomic E-state index is 0.0514. The number of hydrogen-bond donors (Lipinski definition) is 3. The van der Waals surface area contributed by atoms with E-state index in [2.05, 4.69) is 15.1 Å². The van der Waals surface area contributed by atoms with Crippen molar-refractivity contribution in [2.24, 2.45) is 0 Å². The number of likely N-dealkylation sites (N-methyl/N-ethyl adjacent to an activating group) is 1. The van der Waals surface area contributed by atoms with Crippen LogP contribution in [0.3, 0.4) is 0 Å². The van der Waals surface area contributed by atoms with Gasteiger partial charge < -0.3 is 15.2 Å². The largest absolute Gasteiger partial charge is 0.496 e. The molecule has 238 valence electrons. The maximum Gasteiger partial charge on any atom is 0.490 e. The van der Waals surface area contributed by atoms with Crippen LogP contribution >= 0.6 is 22.9 Å².